The molecule has 13 heavy (non-hydrogen) atoms. The molecule has 72 valence electrons. The van der Waals surface area contributed by atoms with E-state index in [-0.39, 0.29) is 5.75 Å². The summed E-state index contributed by atoms with van der Waals surface area (Å²) in [5.41, 5.74) is 0. The molecule has 2 nitrogen and oxygen atoms in total. The van der Waals surface area contributed by atoms with Crippen LogP contribution in [0.4, 0.5) is 13.2 Å². The van der Waals surface area contributed by atoms with Gasteiger partial charge in [0, 0.05) is 0 Å². The fourth-order valence-electron chi connectivity index (χ4n) is 0.765. The molecule has 0 saturated carbocycles. The van der Waals surface area contributed by atoms with E-state index >= 15 is 0 Å². The van der Waals surface area contributed by atoms with Gasteiger partial charge in [0.1, 0.15) is 6.61 Å². The lowest BCUT2D eigenvalue weighted by Crippen LogP contribution is -2.07. The molecule has 0 unspecified atom stereocenters. The smallest absolute Gasteiger partial charge is 0.272 e. The maximum Gasteiger partial charge on any atom is 0.272 e. The Morgan fingerprint density at radius 3 is 2.69 bits per heavy atom. The Labute approximate surface area is 72.6 Å². The van der Waals surface area contributed by atoms with Crippen LogP contribution in [0.25, 0.3) is 0 Å². The highest BCUT2D eigenvalue weighted by molar-refractivity contribution is 5.39. The van der Waals surface area contributed by atoms with Gasteiger partial charge in [0.25, 0.3) is 6.43 Å². The largest absolute Gasteiger partial charge is 0.502 e. The summed E-state index contributed by atoms with van der Waals surface area (Å²) in [6.07, 6.45) is -2.65. The molecular weight excluding hydrogens is 185 g/mol. The molecule has 0 aliphatic rings. The summed E-state index contributed by atoms with van der Waals surface area (Å²) in [6, 6.07) is 3.47. The first kappa shape index (κ1) is 9.70. The first-order valence-electron chi connectivity index (χ1n) is 3.49. The van der Waals surface area contributed by atoms with Gasteiger partial charge < -0.3 is 9.84 Å². The van der Waals surface area contributed by atoms with Gasteiger partial charge in [-0.05, 0) is 12.1 Å². The number of hydrogen-bond donors (Lipinski definition) is 1. The minimum Gasteiger partial charge on any atom is -0.502 e. The van der Waals surface area contributed by atoms with E-state index in [1.165, 1.54) is 12.1 Å². The van der Waals surface area contributed by atoms with E-state index < -0.39 is 24.6 Å². The van der Waals surface area contributed by atoms with E-state index in [0.29, 0.717) is 0 Å². The Morgan fingerprint density at radius 2 is 2.08 bits per heavy atom. The number of hydrogen-bond acceptors (Lipinski definition) is 2. The molecule has 0 saturated heterocycles. The number of rotatable bonds is 3. The van der Waals surface area contributed by atoms with Crippen molar-refractivity contribution in [1.29, 1.82) is 0 Å². The molecule has 1 aromatic carbocycles. The SMILES string of the molecule is Oc1c(F)cccc1OCC(F)F. The number of benzene rings is 1. The summed E-state index contributed by atoms with van der Waals surface area (Å²) in [5.74, 6) is -1.92. The average Bonchev–Trinajstić information content (AvgIpc) is 2.07. The quantitative estimate of drug-likeness (QED) is 0.795. The fourth-order valence-corrected chi connectivity index (χ4v) is 0.765. The summed E-state index contributed by atoms with van der Waals surface area (Å²) in [7, 11) is 0. The molecule has 0 aliphatic carbocycles. The number of phenolic OH excluding ortho intramolecular Hbond substituents is 1. The minimum absolute atomic E-state index is 0.277. The van der Waals surface area contributed by atoms with Gasteiger partial charge in [0.15, 0.2) is 17.3 Å². The van der Waals surface area contributed by atoms with E-state index in [0.717, 1.165) is 6.07 Å². The Bertz CT molecular complexity index is 289. The first-order chi connectivity index (χ1) is 6.11. The molecule has 1 N–H and O–H groups in total. The highest BCUT2D eigenvalue weighted by Gasteiger charge is 2.09. The van der Waals surface area contributed by atoms with Gasteiger partial charge in [0.2, 0.25) is 0 Å². The summed E-state index contributed by atoms with van der Waals surface area (Å²) in [6.45, 7) is -0.864. The van der Waals surface area contributed by atoms with Crippen molar-refractivity contribution in [2.45, 2.75) is 6.43 Å². The normalized spacial score (nSPS) is 10.5. The molecule has 0 amide bonds. The zero-order valence-electron chi connectivity index (χ0n) is 6.51. The predicted molar refractivity (Wildman–Crippen MR) is 39.6 cm³/mol. The predicted octanol–water partition coefficient (Wildman–Crippen LogP) is 2.18. The van der Waals surface area contributed by atoms with Crippen molar-refractivity contribution in [1.82, 2.24) is 0 Å². The summed E-state index contributed by atoms with van der Waals surface area (Å²) in [5, 5.41) is 8.97. The van der Waals surface area contributed by atoms with Crippen LogP contribution in [0.5, 0.6) is 11.5 Å². The number of para-hydroxylation sites is 1. The molecule has 1 rings (SSSR count). The second-order valence-electron chi connectivity index (χ2n) is 2.29. The van der Waals surface area contributed by atoms with Crippen molar-refractivity contribution in [2.75, 3.05) is 6.61 Å². The van der Waals surface area contributed by atoms with Crippen LogP contribution >= 0.6 is 0 Å². The van der Waals surface area contributed by atoms with Crippen molar-refractivity contribution >= 4 is 0 Å². The highest BCUT2D eigenvalue weighted by atomic mass is 19.3. The van der Waals surface area contributed by atoms with E-state index in [1.807, 2.05) is 0 Å². The van der Waals surface area contributed by atoms with Crippen molar-refractivity contribution in [3.8, 4) is 11.5 Å². The average molecular weight is 192 g/mol. The van der Waals surface area contributed by atoms with Crippen molar-refractivity contribution in [2.24, 2.45) is 0 Å². The van der Waals surface area contributed by atoms with E-state index in [4.69, 9.17) is 5.11 Å². The number of phenols is 1. The van der Waals surface area contributed by atoms with E-state index in [2.05, 4.69) is 4.74 Å². The van der Waals surface area contributed by atoms with E-state index in [9.17, 15) is 13.2 Å². The van der Waals surface area contributed by atoms with Crippen LogP contribution in [-0.2, 0) is 0 Å². The molecule has 0 atom stereocenters. The lowest BCUT2D eigenvalue weighted by molar-refractivity contribution is 0.0802. The fraction of sp³-hybridized carbons (Fsp3) is 0.250. The molecular formula is C8H7F3O2. The first-order valence-corrected chi connectivity index (χ1v) is 3.49. The second-order valence-corrected chi connectivity index (χ2v) is 2.29. The molecule has 1 aromatic rings. The topological polar surface area (TPSA) is 29.5 Å². The lowest BCUT2D eigenvalue weighted by atomic mass is 10.3. The second kappa shape index (κ2) is 4.02. The van der Waals surface area contributed by atoms with Crippen LogP contribution in [0.2, 0.25) is 0 Å². The zero-order valence-corrected chi connectivity index (χ0v) is 6.51. The van der Waals surface area contributed by atoms with Crippen molar-refractivity contribution < 1.29 is 23.0 Å². The Balaban J connectivity index is 2.71. The van der Waals surface area contributed by atoms with Crippen LogP contribution in [0, 0.1) is 5.82 Å². The molecule has 0 spiro atoms. The molecule has 0 aromatic heterocycles. The maximum absolute atomic E-state index is 12.6. The lowest BCUT2D eigenvalue weighted by Gasteiger charge is -2.06. The number of ether oxygens (including phenoxy) is 1. The van der Waals surface area contributed by atoms with Gasteiger partial charge in [-0.3, -0.25) is 0 Å². The highest BCUT2D eigenvalue weighted by Crippen LogP contribution is 2.28. The number of alkyl halides is 2. The molecule has 5 heteroatoms. The third-order valence-corrected chi connectivity index (χ3v) is 1.31. The van der Waals surface area contributed by atoms with Crippen LogP contribution in [0.3, 0.4) is 0 Å². The van der Waals surface area contributed by atoms with Crippen molar-refractivity contribution in [3.05, 3.63) is 24.0 Å². The van der Waals surface area contributed by atoms with Gasteiger partial charge in [-0.25, -0.2) is 13.2 Å². The maximum atomic E-state index is 12.6. The molecule has 0 heterocycles. The van der Waals surface area contributed by atoms with Gasteiger partial charge in [-0.1, -0.05) is 6.07 Å². The third kappa shape index (κ3) is 2.54. The van der Waals surface area contributed by atoms with Crippen LogP contribution in [0.15, 0.2) is 18.2 Å². The van der Waals surface area contributed by atoms with Crippen LogP contribution in [0.1, 0.15) is 0 Å². The Morgan fingerprint density at radius 1 is 1.38 bits per heavy atom. The minimum atomic E-state index is -2.65. The summed E-state index contributed by atoms with van der Waals surface area (Å²) in [4.78, 5) is 0. The van der Waals surface area contributed by atoms with Gasteiger partial charge in [-0.15, -0.1) is 0 Å². The molecule has 0 fully saturated rings. The summed E-state index contributed by atoms with van der Waals surface area (Å²) >= 11 is 0. The molecule has 0 bridgehead atoms. The van der Waals surface area contributed by atoms with Crippen molar-refractivity contribution in [3.63, 3.8) is 0 Å². The van der Waals surface area contributed by atoms with Gasteiger partial charge in [-0.2, -0.15) is 0 Å². The molecule has 0 aliphatic heterocycles. The monoisotopic (exact) mass is 192 g/mol. The van der Waals surface area contributed by atoms with Crippen LogP contribution in [-0.4, -0.2) is 18.1 Å². The van der Waals surface area contributed by atoms with Gasteiger partial charge in [0.05, 0.1) is 0 Å². The Hall–Kier alpha value is -1.39. The van der Waals surface area contributed by atoms with Gasteiger partial charge >= 0.3 is 0 Å². The molecule has 0 radical (unpaired) electrons. The summed E-state index contributed by atoms with van der Waals surface area (Å²) < 4.78 is 40.3. The third-order valence-electron chi connectivity index (χ3n) is 1.31. The number of halogens is 3. The van der Waals surface area contributed by atoms with E-state index in [1.54, 1.807) is 0 Å². The standard InChI is InChI=1S/C8H7F3O2/c9-5-2-1-3-6(8(5)12)13-4-7(10)11/h1-3,7,12H,4H2. The number of aromatic hydroxyl groups is 1. The zero-order chi connectivity index (χ0) is 9.84. The van der Waals surface area contributed by atoms with Crippen LogP contribution < -0.4 is 4.74 Å². The Kier molecular flexibility index (Phi) is 3.00.